The quantitative estimate of drug-likeness (QED) is 0.626. The number of nitrogens with zero attached hydrogens (tertiary/aromatic N) is 2. The molecule has 4 N–H and O–H groups in total. The van der Waals surface area contributed by atoms with E-state index in [0.717, 1.165) is 29.0 Å². The van der Waals surface area contributed by atoms with Crippen molar-refractivity contribution in [3.05, 3.63) is 29.8 Å². The molecule has 3 rings (SSSR count). The summed E-state index contributed by atoms with van der Waals surface area (Å²) in [6.45, 7) is 2.13. The van der Waals surface area contributed by atoms with Crippen LogP contribution < -0.4 is 5.73 Å². The molecule has 0 aliphatic heterocycles. The van der Waals surface area contributed by atoms with Crippen molar-refractivity contribution in [3.8, 4) is 11.5 Å². The number of benzene rings is 1. The van der Waals surface area contributed by atoms with Crippen molar-refractivity contribution < 1.29 is 0 Å². The molecule has 86 valence electrons. The van der Waals surface area contributed by atoms with Crippen molar-refractivity contribution in [2.24, 2.45) is 0 Å². The van der Waals surface area contributed by atoms with E-state index in [1.807, 2.05) is 6.07 Å². The molecular formula is C12H13N5. The van der Waals surface area contributed by atoms with Crippen molar-refractivity contribution >= 4 is 16.9 Å². The minimum absolute atomic E-state index is 0.467. The molecule has 0 amide bonds. The monoisotopic (exact) mass is 227 g/mol. The first-order valence-corrected chi connectivity index (χ1v) is 5.56. The molecule has 17 heavy (non-hydrogen) atoms. The number of rotatable bonds is 2. The predicted molar refractivity (Wildman–Crippen MR) is 67.5 cm³/mol. The van der Waals surface area contributed by atoms with Gasteiger partial charge in [-0.25, -0.2) is 4.98 Å². The van der Waals surface area contributed by atoms with Crippen LogP contribution in [0.15, 0.2) is 24.3 Å². The molecule has 0 aliphatic rings. The Labute approximate surface area is 98.1 Å². The second kappa shape index (κ2) is 3.62. The van der Waals surface area contributed by atoms with Gasteiger partial charge >= 0.3 is 0 Å². The molecule has 2 heterocycles. The molecule has 0 bridgehead atoms. The lowest BCUT2D eigenvalue weighted by atomic mass is 10.1. The maximum Gasteiger partial charge on any atom is 0.156 e. The van der Waals surface area contributed by atoms with Gasteiger partial charge in [-0.15, -0.1) is 0 Å². The highest BCUT2D eigenvalue weighted by Crippen LogP contribution is 2.20. The molecule has 3 aromatic rings. The van der Waals surface area contributed by atoms with Crippen LogP contribution in [0, 0.1) is 0 Å². The minimum atomic E-state index is 0.467. The predicted octanol–water partition coefficient (Wildman–Crippen LogP) is 2.10. The molecule has 0 saturated carbocycles. The number of fused-ring (bicyclic) bond motifs is 1. The molecule has 0 aliphatic carbocycles. The summed E-state index contributed by atoms with van der Waals surface area (Å²) in [6.07, 6.45) is 1.02. The van der Waals surface area contributed by atoms with E-state index in [2.05, 4.69) is 39.2 Å². The van der Waals surface area contributed by atoms with Crippen molar-refractivity contribution in [3.63, 3.8) is 0 Å². The van der Waals surface area contributed by atoms with Gasteiger partial charge in [0, 0.05) is 6.07 Å². The maximum atomic E-state index is 5.57. The summed E-state index contributed by atoms with van der Waals surface area (Å²) in [5.41, 5.74) is 9.65. The summed E-state index contributed by atoms with van der Waals surface area (Å²) in [5, 5.41) is 6.73. The molecular weight excluding hydrogens is 214 g/mol. The third-order valence-corrected chi connectivity index (χ3v) is 2.81. The van der Waals surface area contributed by atoms with Gasteiger partial charge in [0.1, 0.15) is 11.5 Å². The Hall–Kier alpha value is -2.30. The second-order valence-corrected chi connectivity index (χ2v) is 4.00. The minimum Gasteiger partial charge on any atom is -0.382 e. The van der Waals surface area contributed by atoms with E-state index < -0.39 is 0 Å². The van der Waals surface area contributed by atoms with Gasteiger partial charge in [0.2, 0.25) is 0 Å². The standard InChI is InChI=1S/C12H13N5/c1-2-7-3-4-8-9(5-7)15-12(14-8)10-6-11(13)17-16-10/h3-6H,2H2,1H3,(H,14,15)(H3,13,16,17). The summed E-state index contributed by atoms with van der Waals surface area (Å²) in [6, 6.07) is 7.99. The molecule has 0 radical (unpaired) electrons. The maximum absolute atomic E-state index is 5.57. The van der Waals surface area contributed by atoms with Gasteiger partial charge in [-0.3, -0.25) is 5.10 Å². The third kappa shape index (κ3) is 1.65. The smallest absolute Gasteiger partial charge is 0.156 e. The zero-order valence-electron chi connectivity index (χ0n) is 9.49. The van der Waals surface area contributed by atoms with Gasteiger partial charge < -0.3 is 10.7 Å². The first-order chi connectivity index (χ1) is 8.26. The fourth-order valence-corrected chi connectivity index (χ4v) is 1.86. The topological polar surface area (TPSA) is 83.4 Å². The summed E-state index contributed by atoms with van der Waals surface area (Å²) in [7, 11) is 0. The van der Waals surface area contributed by atoms with E-state index in [4.69, 9.17) is 5.73 Å². The normalized spacial score (nSPS) is 11.1. The van der Waals surface area contributed by atoms with Crippen molar-refractivity contribution in [2.45, 2.75) is 13.3 Å². The van der Waals surface area contributed by atoms with Crippen LogP contribution in [0.4, 0.5) is 5.82 Å². The lowest BCUT2D eigenvalue weighted by molar-refractivity contribution is 1.09. The average molecular weight is 227 g/mol. The summed E-state index contributed by atoms with van der Waals surface area (Å²) in [4.78, 5) is 7.75. The number of aromatic nitrogens is 4. The molecule has 1 aromatic carbocycles. The van der Waals surface area contributed by atoms with Gasteiger partial charge in [0.05, 0.1) is 11.0 Å². The van der Waals surface area contributed by atoms with E-state index in [1.54, 1.807) is 6.07 Å². The van der Waals surface area contributed by atoms with Crippen molar-refractivity contribution in [2.75, 3.05) is 5.73 Å². The lowest BCUT2D eigenvalue weighted by Gasteiger charge is -1.93. The van der Waals surface area contributed by atoms with Crippen molar-refractivity contribution in [1.82, 2.24) is 20.2 Å². The Balaban J connectivity index is 2.13. The Morgan fingerprint density at radius 2 is 2.18 bits per heavy atom. The highest BCUT2D eigenvalue weighted by atomic mass is 15.2. The highest BCUT2D eigenvalue weighted by molar-refractivity contribution is 5.79. The number of aromatic amines is 2. The van der Waals surface area contributed by atoms with E-state index >= 15 is 0 Å². The van der Waals surface area contributed by atoms with Gasteiger partial charge in [0.25, 0.3) is 0 Å². The fourth-order valence-electron chi connectivity index (χ4n) is 1.86. The molecule has 0 spiro atoms. The summed E-state index contributed by atoms with van der Waals surface area (Å²) < 4.78 is 0. The molecule has 0 fully saturated rings. The molecule has 5 nitrogen and oxygen atoms in total. The van der Waals surface area contributed by atoms with E-state index in [0.29, 0.717) is 5.82 Å². The zero-order valence-corrected chi connectivity index (χ0v) is 9.49. The number of aryl methyl sites for hydroxylation is 1. The first kappa shape index (κ1) is 9.89. The van der Waals surface area contributed by atoms with E-state index in [1.165, 1.54) is 5.56 Å². The van der Waals surface area contributed by atoms with Crippen molar-refractivity contribution in [1.29, 1.82) is 0 Å². The van der Waals surface area contributed by atoms with Gasteiger partial charge in [-0.1, -0.05) is 13.0 Å². The van der Waals surface area contributed by atoms with Crippen LogP contribution in [0.25, 0.3) is 22.6 Å². The van der Waals surface area contributed by atoms with Gasteiger partial charge in [0.15, 0.2) is 5.82 Å². The van der Waals surface area contributed by atoms with Crippen LogP contribution >= 0.6 is 0 Å². The number of nitrogens with one attached hydrogen (secondary N) is 2. The number of hydrogen-bond donors (Lipinski definition) is 3. The number of nitrogen functional groups attached to an aromatic ring is 1. The van der Waals surface area contributed by atoms with Gasteiger partial charge in [-0.2, -0.15) is 5.10 Å². The van der Waals surface area contributed by atoms with Crippen LogP contribution in [0.5, 0.6) is 0 Å². The number of hydrogen-bond acceptors (Lipinski definition) is 3. The SMILES string of the molecule is CCc1ccc2nc(-c3cc(N)n[nH]3)[nH]c2c1. The molecule has 5 heteroatoms. The number of imidazole rings is 1. The molecule has 0 saturated heterocycles. The highest BCUT2D eigenvalue weighted by Gasteiger charge is 2.07. The zero-order chi connectivity index (χ0) is 11.8. The van der Waals surface area contributed by atoms with E-state index in [-0.39, 0.29) is 0 Å². The summed E-state index contributed by atoms with van der Waals surface area (Å²) >= 11 is 0. The summed E-state index contributed by atoms with van der Waals surface area (Å²) in [5.74, 6) is 1.23. The Kier molecular flexibility index (Phi) is 2.11. The van der Waals surface area contributed by atoms with Crippen LogP contribution in [0.2, 0.25) is 0 Å². The molecule has 0 atom stereocenters. The number of anilines is 1. The van der Waals surface area contributed by atoms with Gasteiger partial charge in [-0.05, 0) is 24.1 Å². The molecule has 0 unspecified atom stereocenters. The number of H-pyrrole nitrogens is 2. The van der Waals surface area contributed by atoms with Crippen LogP contribution in [0.3, 0.4) is 0 Å². The van der Waals surface area contributed by atoms with Crippen LogP contribution in [0.1, 0.15) is 12.5 Å². The largest absolute Gasteiger partial charge is 0.382 e. The fraction of sp³-hybridized carbons (Fsp3) is 0.167. The second-order valence-electron chi connectivity index (χ2n) is 4.00. The molecule has 2 aromatic heterocycles. The lowest BCUT2D eigenvalue weighted by Crippen LogP contribution is -1.81. The Bertz CT molecular complexity index is 664. The van der Waals surface area contributed by atoms with E-state index in [9.17, 15) is 0 Å². The first-order valence-electron chi connectivity index (χ1n) is 5.56. The number of nitrogens with two attached hydrogens (primary N) is 1. The van der Waals surface area contributed by atoms with Crippen LogP contribution in [-0.4, -0.2) is 20.2 Å². The van der Waals surface area contributed by atoms with Crippen LogP contribution in [-0.2, 0) is 6.42 Å². The Morgan fingerprint density at radius 1 is 1.29 bits per heavy atom. The average Bonchev–Trinajstić information content (AvgIpc) is 2.93. The third-order valence-electron chi connectivity index (χ3n) is 2.81. The Morgan fingerprint density at radius 3 is 2.88 bits per heavy atom.